The van der Waals surface area contributed by atoms with Crippen LogP contribution in [0.25, 0.3) is 0 Å². The summed E-state index contributed by atoms with van der Waals surface area (Å²) in [5.74, 6) is 0. The fourth-order valence-corrected chi connectivity index (χ4v) is 4.81. The van der Waals surface area contributed by atoms with Crippen LogP contribution in [0.1, 0.15) is 39.0 Å². The molecule has 0 aromatic rings. The van der Waals surface area contributed by atoms with Crippen molar-refractivity contribution in [2.24, 2.45) is 0 Å². The van der Waals surface area contributed by atoms with E-state index in [1.807, 2.05) is 6.92 Å². The van der Waals surface area contributed by atoms with Crippen LogP contribution in [0.2, 0.25) is 0 Å². The predicted molar refractivity (Wildman–Crippen MR) is 50.2 cm³/mol. The van der Waals surface area contributed by atoms with Crippen molar-refractivity contribution >= 4 is 9.84 Å². The summed E-state index contributed by atoms with van der Waals surface area (Å²) < 4.78 is 23.0. The molecular weight excluding hydrogens is 188 g/mol. The molecule has 0 atom stereocenters. The molecule has 0 radical (unpaired) electrons. The second kappa shape index (κ2) is 2.48. The van der Waals surface area contributed by atoms with Crippen LogP contribution in [0.5, 0.6) is 0 Å². The lowest BCUT2D eigenvalue weighted by Crippen LogP contribution is -2.37. The summed E-state index contributed by atoms with van der Waals surface area (Å²) >= 11 is 0. The van der Waals surface area contributed by atoms with Gasteiger partial charge < -0.3 is 5.11 Å². The summed E-state index contributed by atoms with van der Waals surface area (Å²) in [4.78, 5) is 0. The van der Waals surface area contributed by atoms with Crippen LogP contribution in [0.3, 0.4) is 0 Å². The van der Waals surface area contributed by atoms with E-state index in [-0.39, 0.29) is 6.61 Å². The van der Waals surface area contributed by atoms with Crippen molar-refractivity contribution in [1.29, 1.82) is 0 Å². The predicted octanol–water partition coefficient (Wildman–Crippen LogP) is 0.869. The Bertz CT molecular complexity index is 284. The number of hydrogen-bond donors (Lipinski definition) is 1. The van der Waals surface area contributed by atoms with Crippen molar-refractivity contribution in [3.8, 4) is 0 Å². The van der Waals surface area contributed by atoms with Crippen molar-refractivity contribution in [3.63, 3.8) is 0 Å². The minimum Gasteiger partial charge on any atom is -0.395 e. The molecular formula is C9H16O3S. The normalized spacial score (nSPS) is 28.5. The number of sulfone groups is 1. The van der Waals surface area contributed by atoms with E-state index >= 15 is 0 Å². The van der Waals surface area contributed by atoms with E-state index in [1.54, 1.807) is 0 Å². The number of aliphatic hydroxyl groups excluding tert-OH is 1. The Labute approximate surface area is 79.1 Å². The smallest absolute Gasteiger partial charge is 0.163 e. The molecule has 4 heteroatoms. The SMILES string of the molecule is CCC1(S(=O)(=O)C2(CO)CC2)CC1. The summed E-state index contributed by atoms with van der Waals surface area (Å²) in [6, 6.07) is 0. The standard InChI is InChI=1S/C9H16O3S/c1-2-8(3-4-8)13(11,12)9(7-10)5-6-9/h10H,2-7H2,1H3. The quantitative estimate of drug-likeness (QED) is 0.739. The van der Waals surface area contributed by atoms with Crippen molar-refractivity contribution in [1.82, 2.24) is 0 Å². The summed E-state index contributed by atoms with van der Waals surface area (Å²) in [5.41, 5.74) is 0. The summed E-state index contributed by atoms with van der Waals surface area (Å²) in [6.45, 7) is 1.75. The average Bonchev–Trinajstić information content (AvgIpc) is 3.00. The maximum absolute atomic E-state index is 12.1. The van der Waals surface area contributed by atoms with Crippen LogP contribution in [0, 0.1) is 0 Å². The third-order valence-corrected chi connectivity index (χ3v) is 7.20. The van der Waals surface area contributed by atoms with E-state index in [2.05, 4.69) is 0 Å². The van der Waals surface area contributed by atoms with E-state index in [4.69, 9.17) is 5.11 Å². The Morgan fingerprint density at radius 3 is 1.85 bits per heavy atom. The molecule has 0 amide bonds. The molecule has 0 bridgehead atoms. The van der Waals surface area contributed by atoms with Crippen LogP contribution in [-0.2, 0) is 9.84 Å². The molecule has 0 aromatic carbocycles. The van der Waals surface area contributed by atoms with Gasteiger partial charge in [0.05, 0.1) is 16.1 Å². The van der Waals surface area contributed by atoms with E-state index < -0.39 is 19.3 Å². The first-order valence-corrected chi connectivity index (χ1v) is 6.37. The van der Waals surface area contributed by atoms with Crippen LogP contribution in [-0.4, -0.2) is 29.6 Å². The van der Waals surface area contributed by atoms with Crippen LogP contribution >= 0.6 is 0 Å². The first-order chi connectivity index (χ1) is 6.04. The topological polar surface area (TPSA) is 54.4 Å². The lowest BCUT2D eigenvalue weighted by Gasteiger charge is -2.20. The lowest BCUT2D eigenvalue weighted by atomic mass is 10.3. The monoisotopic (exact) mass is 204 g/mol. The van der Waals surface area contributed by atoms with Gasteiger partial charge in [0, 0.05) is 0 Å². The highest BCUT2D eigenvalue weighted by atomic mass is 32.2. The molecule has 76 valence electrons. The van der Waals surface area contributed by atoms with E-state index in [0.717, 1.165) is 12.8 Å². The zero-order valence-electron chi connectivity index (χ0n) is 7.91. The largest absolute Gasteiger partial charge is 0.395 e. The third kappa shape index (κ3) is 1.02. The molecule has 2 aliphatic carbocycles. The van der Waals surface area contributed by atoms with Crippen LogP contribution in [0.15, 0.2) is 0 Å². The van der Waals surface area contributed by atoms with Gasteiger partial charge in [0.15, 0.2) is 9.84 Å². The molecule has 3 nitrogen and oxygen atoms in total. The van der Waals surface area contributed by atoms with E-state index in [1.165, 1.54) is 0 Å². The average molecular weight is 204 g/mol. The highest BCUT2D eigenvalue weighted by molar-refractivity contribution is 7.94. The Balaban J connectivity index is 2.32. The molecule has 13 heavy (non-hydrogen) atoms. The number of hydrogen-bond acceptors (Lipinski definition) is 3. The lowest BCUT2D eigenvalue weighted by molar-refractivity contribution is 0.282. The Morgan fingerprint density at radius 1 is 1.15 bits per heavy atom. The van der Waals surface area contributed by atoms with Crippen molar-refractivity contribution in [2.45, 2.75) is 48.5 Å². The Kier molecular flexibility index (Phi) is 1.81. The highest BCUT2D eigenvalue weighted by Gasteiger charge is 2.66. The molecule has 2 saturated carbocycles. The van der Waals surface area contributed by atoms with Gasteiger partial charge in [-0.15, -0.1) is 0 Å². The summed E-state index contributed by atoms with van der Waals surface area (Å²) in [5, 5.41) is 9.10. The first-order valence-electron chi connectivity index (χ1n) is 4.89. The first kappa shape index (κ1) is 9.46. The molecule has 0 saturated heterocycles. The summed E-state index contributed by atoms with van der Waals surface area (Å²) in [7, 11) is -3.07. The molecule has 0 aliphatic heterocycles. The van der Waals surface area contributed by atoms with Crippen molar-refractivity contribution in [3.05, 3.63) is 0 Å². The van der Waals surface area contributed by atoms with Gasteiger partial charge in [0.25, 0.3) is 0 Å². The fraction of sp³-hybridized carbons (Fsp3) is 1.00. The summed E-state index contributed by atoms with van der Waals surface area (Å²) in [6.07, 6.45) is 3.62. The molecule has 1 N–H and O–H groups in total. The van der Waals surface area contributed by atoms with Gasteiger partial charge in [-0.25, -0.2) is 8.42 Å². The zero-order valence-corrected chi connectivity index (χ0v) is 8.73. The Morgan fingerprint density at radius 2 is 1.62 bits per heavy atom. The van der Waals surface area contributed by atoms with E-state index in [9.17, 15) is 8.42 Å². The van der Waals surface area contributed by atoms with Gasteiger partial charge in [-0.3, -0.25) is 0 Å². The van der Waals surface area contributed by atoms with Crippen molar-refractivity contribution in [2.75, 3.05) is 6.61 Å². The Hall–Kier alpha value is -0.0900. The number of rotatable bonds is 4. The molecule has 0 spiro atoms. The zero-order chi connectivity index (χ0) is 9.74. The second-order valence-corrected chi connectivity index (χ2v) is 7.12. The van der Waals surface area contributed by atoms with Crippen LogP contribution < -0.4 is 0 Å². The minimum atomic E-state index is -3.07. The highest BCUT2D eigenvalue weighted by Crippen LogP contribution is 2.57. The maximum Gasteiger partial charge on any atom is 0.163 e. The van der Waals surface area contributed by atoms with Crippen molar-refractivity contribution < 1.29 is 13.5 Å². The maximum atomic E-state index is 12.1. The van der Waals surface area contributed by atoms with Gasteiger partial charge in [-0.1, -0.05) is 6.92 Å². The second-order valence-electron chi connectivity index (χ2n) is 4.38. The number of aliphatic hydroxyl groups is 1. The minimum absolute atomic E-state index is 0.183. The molecule has 0 unspecified atom stereocenters. The molecule has 0 aromatic heterocycles. The molecule has 2 rings (SSSR count). The van der Waals surface area contributed by atoms with E-state index in [0.29, 0.717) is 19.3 Å². The third-order valence-electron chi connectivity index (χ3n) is 3.69. The molecule has 2 aliphatic rings. The van der Waals surface area contributed by atoms with Gasteiger partial charge in [-0.2, -0.15) is 0 Å². The molecule has 2 fully saturated rings. The van der Waals surface area contributed by atoms with Crippen LogP contribution in [0.4, 0.5) is 0 Å². The molecule has 0 heterocycles. The van der Waals surface area contributed by atoms with Gasteiger partial charge in [0.1, 0.15) is 0 Å². The fourth-order valence-electron chi connectivity index (χ4n) is 2.06. The van der Waals surface area contributed by atoms with Gasteiger partial charge in [0.2, 0.25) is 0 Å². The van der Waals surface area contributed by atoms with Gasteiger partial charge >= 0.3 is 0 Å². The van der Waals surface area contributed by atoms with Gasteiger partial charge in [-0.05, 0) is 32.1 Å².